The normalized spacial score (nSPS) is 37.3. The fourth-order valence-electron chi connectivity index (χ4n) is 3.51. The van der Waals surface area contributed by atoms with Gasteiger partial charge in [0.2, 0.25) is 0 Å². The van der Waals surface area contributed by atoms with Crippen LogP contribution in [0.25, 0.3) is 0 Å². The number of thioether (sulfide) groups is 1. The van der Waals surface area contributed by atoms with Crippen LogP contribution in [0.2, 0.25) is 0 Å². The zero-order valence-corrected chi connectivity index (χ0v) is 16.3. The topological polar surface area (TPSA) is 64.6 Å². The SMILES string of the molecule is CC[C@@]1(SC)O[C@@H]2COC(c3ccccc3)O[C@@H]2[C@H](OOC)[C@H]1OOC. The fraction of sp³-hybridized carbons (Fsp3) is 0.667. The Morgan fingerprint density at radius 1 is 1.15 bits per heavy atom. The fourth-order valence-corrected chi connectivity index (χ4v) is 4.42. The van der Waals surface area contributed by atoms with Gasteiger partial charge in [0.1, 0.15) is 17.1 Å². The first-order valence-electron chi connectivity index (χ1n) is 8.63. The molecule has 8 heteroatoms. The molecule has 26 heavy (non-hydrogen) atoms. The van der Waals surface area contributed by atoms with Crippen LogP contribution in [0.5, 0.6) is 0 Å². The lowest BCUT2D eigenvalue weighted by Gasteiger charge is -2.52. The number of fused-ring (bicyclic) bond motifs is 1. The Bertz CT molecular complexity index is 554. The summed E-state index contributed by atoms with van der Waals surface area (Å²) in [5, 5.41) is 0. The molecule has 2 fully saturated rings. The molecule has 146 valence electrons. The van der Waals surface area contributed by atoms with E-state index in [1.807, 2.05) is 43.5 Å². The lowest BCUT2D eigenvalue weighted by molar-refractivity contribution is -0.443. The second-order valence-electron chi connectivity index (χ2n) is 6.11. The molecule has 7 nitrogen and oxygen atoms in total. The number of hydrogen-bond donors (Lipinski definition) is 0. The van der Waals surface area contributed by atoms with Crippen molar-refractivity contribution in [3.05, 3.63) is 35.9 Å². The van der Waals surface area contributed by atoms with E-state index in [1.165, 1.54) is 14.2 Å². The van der Waals surface area contributed by atoms with Gasteiger partial charge in [0.25, 0.3) is 0 Å². The average molecular weight is 386 g/mol. The molecule has 0 spiro atoms. The van der Waals surface area contributed by atoms with Gasteiger partial charge < -0.3 is 14.2 Å². The highest BCUT2D eigenvalue weighted by Crippen LogP contribution is 2.46. The van der Waals surface area contributed by atoms with E-state index < -0.39 is 29.5 Å². The van der Waals surface area contributed by atoms with Gasteiger partial charge in [-0.1, -0.05) is 37.3 Å². The molecule has 6 atom stereocenters. The Labute approximate surface area is 158 Å². The van der Waals surface area contributed by atoms with Crippen LogP contribution in [-0.4, -0.2) is 56.4 Å². The second kappa shape index (κ2) is 8.99. The summed E-state index contributed by atoms with van der Waals surface area (Å²) >= 11 is 1.55. The van der Waals surface area contributed by atoms with Gasteiger partial charge in [-0.25, -0.2) is 19.6 Å². The summed E-state index contributed by atoms with van der Waals surface area (Å²) in [6.45, 7) is 2.42. The summed E-state index contributed by atoms with van der Waals surface area (Å²) in [4.78, 5) is 20.5. The molecule has 2 aliphatic rings. The first-order chi connectivity index (χ1) is 12.7. The van der Waals surface area contributed by atoms with E-state index in [-0.39, 0.29) is 6.10 Å². The van der Waals surface area contributed by atoms with Crippen molar-refractivity contribution in [2.24, 2.45) is 0 Å². The van der Waals surface area contributed by atoms with Crippen LogP contribution < -0.4 is 0 Å². The van der Waals surface area contributed by atoms with Crippen LogP contribution in [0.1, 0.15) is 25.2 Å². The van der Waals surface area contributed by atoms with E-state index in [2.05, 4.69) is 0 Å². The van der Waals surface area contributed by atoms with Crippen LogP contribution in [0.4, 0.5) is 0 Å². The minimum absolute atomic E-state index is 0.306. The summed E-state index contributed by atoms with van der Waals surface area (Å²) in [6.07, 6.45) is 0.342. The maximum Gasteiger partial charge on any atom is 0.184 e. The summed E-state index contributed by atoms with van der Waals surface area (Å²) < 4.78 is 18.5. The van der Waals surface area contributed by atoms with E-state index in [0.29, 0.717) is 13.0 Å². The van der Waals surface area contributed by atoms with Crippen molar-refractivity contribution in [3.63, 3.8) is 0 Å². The van der Waals surface area contributed by atoms with Gasteiger partial charge in [-0.15, -0.1) is 11.8 Å². The first kappa shape index (κ1) is 20.0. The van der Waals surface area contributed by atoms with E-state index in [4.69, 9.17) is 33.8 Å². The minimum atomic E-state index is -0.660. The highest BCUT2D eigenvalue weighted by atomic mass is 32.2. The Morgan fingerprint density at radius 2 is 1.88 bits per heavy atom. The van der Waals surface area contributed by atoms with Gasteiger partial charge >= 0.3 is 0 Å². The van der Waals surface area contributed by atoms with Crippen molar-refractivity contribution < 1.29 is 33.8 Å². The van der Waals surface area contributed by atoms with Crippen molar-refractivity contribution in [1.82, 2.24) is 0 Å². The quantitative estimate of drug-likeness (QED) is 0.524. The molecule has 1 aromatic carbocycles. The van der Waals surface area contributed by atoms with Crippen molar-refractivity contribution in [3.8, 4) is 0 Å². The van der Waals surface area contributed by atoms with Gasteiger partial charge in [0.15, 0.2) is 18.5 Å². The molecule has 3 rings (SSSR count). The molecule has 0 aromatic heterocycles. The zero-order valence-electron chi connectivity index (χ0n) is 15.5. The standard InChI is InChI=1S/C18H26O7S/c1-5-18(26-4)16(25-20-3)15(24-19-2)14-13(23-18)11-21-17(22-14)12-9-7-6-8-10-12/h6-10,13-17H,5,11H2,1-4H3/t13-,14+,15+,16-,17?,18+/m1/s1. The van der Waals surface area contributed by atoms with Gasteiger partial charge in [0, 0.05) is 5.56 Å². The van der Waals surface area contributed by atoms with Crippen LogP contribution in [0, 0.1) is 0 Å². The van der Waals surface area contributed by atoms with Crippen LogP contribution in [-0.2, 0) is 33.8 Å². The zero-order chi connectivity index (χ0) is 18.6. The highest BCUT2D eigenvalue weighted by molar-refractivity contribution is 7.99. The van der Waals surface area contributed by atoms with E-state index >= 15 is 0 Å². The van der Waals surface area contributed by atoms with E-state index in [1.54, 1.807) is 11.8 Å². The molecule has 0 N–H and O–H groups in total. The third-order valence-corrected chi connectivity index (χ3v) is 6.09. The third kappa shape index (κ3) is 3.79. The predicted molar refractivity (Wildman–Crippen MR) is 95.2 cm³/mol. The number of ether oxygens (including phenoxy) is 3. The molecule has 0 radical (unpaired) electrons. The molecule has 0 bridgehead atoms. The molecule has 0 aliphatic carbocycles. The van der Waals surface area contributed by atoms with Crippen LogP contribution >= 0.6 is 11.8 Å². The molecule has 2 heterocycles. The monoisotopic (exact) mass is 386 g/mol. The van der Waals surface area contributed by atoms with Crippen molar-refractivity contribution in [1.29, 1.82) is 0 Å². The van der Waals surface area contributed by atoms with Crippen molar-refractivity contribution in [2.75, 3.05) is 27.1 Å². The van der Waals surface area contributed by atoms with Crippen LogP contribution in [0.3, 0.4) is 0 Å². The minimum Gasteiger partial charge on any atom is -0.353 e. The molecule has 2 aliphatic heterocycles. The lowest BCUT2D eigenvalue weighted by atomic mass is 9.92. The molecular weight excluding hydrogens is 360 g/mol. The Balaban J connectivity index is 1.88. The molecule has 1 aromatic rings. The van der Waals surface area contributed by atoms with Gasteiger partial charge in [-0.3, -0.25) is 0 Å². The highest BCUT2D eigenvalue weighted by Gasteiger charge is 2.59. The Morgan fingerprint density at radius 3 is 2.50 bits per heavy atom. The molecule has 2 saturated heterocycles. The molecule has 0 amide bonds. The lowest BCUT2D eigenvalue weighted by Crippen LogP contribution is -2.67. The third-order valence-electron chi connectivity index (χ3n) is 4.78. The van der Waals surface area contributed by atoms with E-state index in [9.17, 15) is 0 Å². The van der Waals surface area contributed by atoms with Crippen LogP contribution in [0.15, 0.2) is 30.3 Å². The van der Waals surface area contributed by atoms with Gasteiger partial charge in [-0.05, 0) is 12.7 Å². The summed E-state index contributed by atoms with van der Waals surface area (Å²) in [5.74, 6) is 0. The average Bonchev–Trinajstić information content (AvgIpc) is 2.70. The van der Waals surface area contributed by atoms with Crippen molar-refractivity contribution >= 4 is 11.8 Å². The largest absolute Gasteiger partial charge is 0.353 e. The first-order valence-corrected chi connectivity index (χ1v) is 9.85. The second-order valence-corrected chi connectivity index (χ2v) is 7.21. The Kier molecular flexibility index (Phi) is 6.92. The van der Waals surface area contributed by atoms with Gasteiger partial charge in [-0.2, -0.15) is 0 Å². The molecule has 1 unspecified atom stereocenters. The summed E-state index contributed by atoms with van der Waals surface area (Å²) in [5.41, 5.74) is 0.934. The van der Waals surface area contributed by atoms with Crippen molar-refractivity contribution in [2.45, 2.75) is 49.0 Å². The maximum atomic E-state index is 6.37. The van der Waals surface area contributed by atoms with Gasteiger partial charge in [0.05, 0.1) is 20.8 Å². The number of hydrogen-bond acceptors (Lipinski definition) is 8. The maximum absolute atomic E-state index is 6.37. The summed E-state index contributed by atoms with van der Waals surface area (Å²) in [7, 11) is 2.93. The smallest absolute Gasteiger partial charge is 0.184 e. The van der Waals surface area contributed by atoms with E-state index in [0.717, 1.165) is 5.56 Å². The molecular formula is C18H26O7S. The predicted octanol–water partition coefficient (Wildman–Crippen LogP) is 2.86. The Hall–Kier alpha value is -0.710. The summed E-state index contributed by atoms with van der Waals surface area (Å²) in [6, 6.07) is 9.76. The number of rotatable bonds is 7. The molecule has 0 saturated carbocycles. The number of benzene rings is 1.